The van der Waals surface area contributed by atoms with Crippen molar-refractivity contribution >= 4 is 22.6 Å². The Morgan fingerprint density at radius 1 is 1.31 bits per heavy atom. The highest BCUT2D eigenvalue weighted by Crippen LogP contribution is 2.35. The minimum Gasteiger partial charge on any atom is -0.339 e. The lowest BCUT2D eigenvalue weighted by molar-refractivity contribution is 0.210. The summed E-state index contributed by atoms with van der Waals surface area (Å²) >= 11 is 0. The van der Waals surface area contributed by atoms with E-state index < -0.39 is 0 Å². The summed E-state index contributed by atoms with van der Waals surface area (Å²) in [5, 5.41) is 7.96. The predicted molar refractivity (Wildman–Crippen MR) is 97.7 cm³/mol. The molecule has 134 valence electrons. The standard InChI is InChI=1S/C19H21N5O2/c1-2-24(12-16-22-18(26-23-16)14-7-3-8-14)19(25)21-15-10-4-6-13-9-5-11-20-17(13)15/h4-6,9-11,14H,2-3,7-8,12H2,1H3,(H,21,25). The van der Waals surface area contributed by atoms with Gasteiger partial charge in [0.05, 0.1) is 17.7 Å². The number of hydrogen-bond acceptors (Lipinski definition) is 5. The molecule has 2 heterocycles. The maximum absolute atomic E-state index is 12.7. The van der Waals surface area contributed by atoms with Crippen LogP contribution in [-0.2, 0) is 6.54 Å². The molecule has 1 fully saturated rings. The summed E-state index contributed by atoms with van der Waals surface area (Å²) in [7, 11) is 0. The number of nitrogens with zero attached hydrogens (tertiary/aromatic N) is 4. The molecule has 1 aliphatic rings. The number of urea groups is 1. The minimum absolute atomic E-state index is 0.208. The topological polar surface area (TPSA) is 84.2 Å². The van der Waals surface area contributed by atoms with Gasteiger partial charge in [0.15, 0.2) is 5.82 Å². The van der Waals surface area contributed by atoms with Crippen LogP contribution in [-0.4, -0.2) is 32.6 Å². The van der Waals surface area contributed by atoms with Crippen LogP contribution < -0.4 is 5.32 Å². The van der Waals surface area contributed by atoms with E-state index in [4.69, 9.17) is 4.52 Å². The van der Waals surface area contributed by atoms with Crippen LogP contribution in [0.2, 0.25) is 0 Å². The van der Waals surface area contributed by atoms with Gasteiger partial charge in [-0.2, -0.15) is 4.98 Å². The first-order valence-electron chi connectivity index (χ1n) is 8.96. The number of carbonyl (C=O) groups excluding carboxylic acids is 1. The lowest BCUT2D eigenvalue weighted by Gasteiger charge is -2.21. The van der Waals surface area contributed by atoms with E-state index in [2.05, 4.69) is 20.4 Å². The first kappa shape index (κ1) is 16.5. The summed E-state index contributed by atoms with van der Waals surface area (Å²) in [6.45, 7) is 2.78. The fraction of sp³-hybridized carbons (Fsp3) is 0.368. The molecule has 0 spiro atoms. The average molecular weight is 351 g/mol. The predicted octanol–water partition coefficient (Wildman–Crippen LogP) is 3.94. The Labute approximate surface area is 151 Å². The van der Waals surface area contributed by atoms with Crippen molar-refractivity contribution in [1.29, 1.82) is 0 Å². The van der Waals surface area contributed by atoms with Crippen molar-refractivity contribution in [2.45, 2.75) is 38.6 Å². The summed E-state index contributed by atoms with van der Waals surface area (Å²) in [5.41, 5.74) is 1.46. The van der Waals surface area contributed by atoms with Gasteiger partial charge in [0.1, 0.15) is 0 Å². The van der Waals surface area contributed by atoms with Crippen molar-refractivity contribution in [3.63, 3.8) is 0 Å². The van der Waals surface area contributed by atoms with Gasteiger partial charge in [-0.15, -0.1) is 0 Å². The Morgan fingerprint density at radius 3 is 2.92 bits per heavy atom. The number of anilines is 1. The monoisotopic (exact) mass is 351 g/mol. The number of carbonyl (C=O) groups is 1. The molecule has 0 unspecified atom stereocenters. The number of hydrogen-bond donors (Lipinski definition) is 1. The largest absolute Gasteiger partial charge is 0.339 e. The molecule has 7 heteroatoms. The van der Waals surface area contributed by atoms with Gasteiger partial charge >= 0.3 is 6.03 Å². The maximum atomic E-state index is 12.7. The normalized spacial score (nSPS) is 14.2. The molecule has 4 rings (SSSR count). The van der Waals surface area contributed by atoms with Crippen molar-refractivity contribution in [2.75, 3.05) is 11.9 Å². The van der Waals surface area contributed by atoms with Crippen LogP contribution in [0.5, 0.6) is 0 Å². The summed E-state index contributed by atoms with van der Waals surface area (Å²) in [5.74, 6) is 1.63. The summed E-state index contributed by atoms with van der Waals surface area (Å²) in [6.07, 6.45) is 5.14. The third kappa shape index (κ3) is 3.24. The summed E-state index contributed by atoms with van der Waals surface area (Å²) in [6, 6.07) is 9.36. The lowest BCUT2D eigenvalue weighted by Crippen LogP contribution is -2.34. The van der Waals surface area contributed by atoms with Crippen molar-refractivity contribution in [3.8, 4) is 0 Å². The number of aromatic nitrogens is 3. The lowest BCUT2D eigenvalue weighted by atomic mass is 9.85. The molecule has 0 radical (unpaired) electrons. The molecule has 2 amide bonds. The zero-order valence-corrected chi connectivity index (χ0v) is 14.7. The Hall–Kier alpha value is -2.96. The third-order valence-electron chi connectivity index (χ3n) is 4.81. The Balaban J connectivity index is 1.47. The molecule has 1 aromatic carbocycles. The number of amides is 2. The van der Waals surface area contributed by atoms with Gasteiger partial charge in [-0.1, -0.05) is 29.8 Å². The van der Waals surface area contributed by atoms with Gasteiger partial charge in [-0.05, 0) is 31.9 Å². The number of pyridine rings is 1. The number of benzene rings is 1. The summed E-state index contributed by atoms with van der Waals surface area (Å²) < 4.78 is 5.34. The Kier molecular flexibility index (Phi) is 4.51. The van der Waals surface area contributed by atoms with Gasteiger partial charge in [0.2, 0.25) is 5.89 Å². The molecule has 26 heavy (non-hydrogen) atoms. The number of nitrogens with one attached hydrogen (secondary N) is 1. The molecular formula is C19H21N5O2. The van der Waals surface area contributed by atoms with E-state index in [1.54, 1.807) is 11.1 Å². The van der Waals surface area contributed by atoms with Crippen LogP contribution >= 0.6 is 0 Å². The number of para-hydroxylation sites is 1. The highest BCUT2D eigenvalue weighted by molar-refractivity contribution is 5.99. The molecule has 0 aliphatic heterocycles. The fourth-order valence-corrected chi connectivity index (χ4v) is 3.05. The van der Waals surface area contributed by atoms with Crippen LogP contribution in [0.4, 0.5) is 10.5 Å². The van der Waals surface area contributed by atoms with E-state index in [9.17, 15) is 4.79 Å². The molecule has 0 atom stereocenters. The number of fused-ring (bicyclic) bond motifs is 1. The van der Waals surface area contributed by atoms with E-state index in [1.807, 2.05) is 37.3 Å². The third-order valence-corrected chi connectivity index (χ3v) is 4.81. The highest BCUT2D eigenvalue weighted by Gasteiger charge is 2.26. The Bertz CT molecular complexity index is 914. The first-order chi connectivity index (χ1) is 12.7. The van der Waals surface area contributed by atoms with Crippen LogP contribution in [0.3, 0.4) is 0 Å². The van der Waals surface area contributed by atoms with Crippen LogP contribution in [0.1, 0.15) is 43.8 Å². The fourth-order valence-electron chi connectivity index (χ4n) is 3.05. The smallest absolute Gasteiger partial charge is 0.322 e. The second kappa shape index (κ2) is 7.11. The van der Waals surface area contributed by atoms with Crippen molar-refractivity contribution in [3.05, 3.63) is 48.2 Å². The van der Waals surface area contributed by atoms with Gasteiger partial charge in [-0.25, -0.2) is 4.79 Å². The molecule has 0 bridgehead atoms. The molecular weight excluding hydrogens is 330 g/mol. The average Bonchev–Trinajstić information content (AvgIpc) is 3.06. The second-order valence-corrected chi connectivity index (χ2v) is 6.50. The van der Waals surface area contributed by atoms with Crippen LogP contribution in [0.25, 0.3) is 10.9 Å². The van der Waals surface area contributed by atoms with Crippen LogP contribution in [0, 0.1) is 0 Å². The van der Waals surface area contributed by atoms with Crippen molar-refractivity contribution in [2.24, 2.45) is 0 Å². The molecule has 1 aliphatic carbocycles. The quantitative estimate of drug-likeness (QED) is 0.752. The van der Waals surface area contributed by atoms with Gasteiger partial charge in [0, 0.05) is 24.0 Å². The van der Waals surface area contributed by atoms with E-state index >= 15 is 0 Å². The molecule has 1 N–H and O–H groups in total. The molecule has 0 saturated heterocycles. The molecule has 3 aromatic rings. The van der Waals surface area contributed by atoms with E-state index in [0.717, 1.165) is 23.7 Å². The molecule has 1 saturated carbocycles. The zero-order valence-electron chi connectivity index (χ0n) is 14.7. The molecule has 2 aromatic heterocycles. The van der Waals surface area contributed by atoms with E-state index in [1.165, 1.54) is 6.42 Å². The van der Waals surface area contributed by atoms with E-state index in [0.29, 0.717) is 36.4 Å². The van der Waals surface area contributed by atoms with Gasteiger partial charge in [-0.3, -0.25) is 4.98 Å². The SMILES string of the molecule is CCN(Cc1noc(C2CCC2)n1)C(=O)Nc1cccc2cccnc12. The zero-order chi connectivity index (χ0) is 17.9. The second-order valence-electron chi connectivity index (χ2n) is 6.50. The van der Waals surface area contributed by atoms with E-state index in [-0.39, 0.29) is 6.03 Å². The van der Waals surface area contributed by atoms with Crippen molar-refractivity contribution in [1.82, 2.24) is 20.0 Å². The minimum atomic E-state index is -0.208. The van der Waals surface area contributed by atoms with Crippen molar-refractivity contribution < 1.29 is 9.32 Å². The van der Waals surface area contributed by atoms with Gasteiger partial charge in [0.25, 0.3) is 0 Å². The van der Waals surface area contributed by atoms with Gasteiger partial charge < -0.3 is 14.7 Å². The summed E-state index contributed by atoms with van der Waals surface area (Å²) in [4.78, 5) is 23.2. The molecule has 7 nitrogen and oxygen atoms in total. The van der Waals surface area contributed by atoms with Crippen LogP contribution in [0.15, 0.2) is 41.1 Å². The number of rotatable bonds is 5. The Morgan fingerprint density at radius 2 is 2.15 bits per heavy atom. The maximum Gasteiger partial charge on any atom is 0.322 e. The first-order valence-corrected chi connectivity index (χ1v) is 8.96. The highest BCUT2D eigenvalue weighted by atomic mass is 16.5.